The molecule has 0 bridgehead atoms. The van der Waals surface area contributed by atoms with E-state index >= 15 is 0 Å². The van der Waals surface area contributed by atoms with Crippen LogP contribution in [0.1, 0.15) is 53.9 Å². The van der Waals surface area contributed by atoms with Crippen LogP contribution in [0.4, 0.5) is 0 Å². The van der Waals surface area contributed by atoms with E-state index in [4.69, 9.17) is 0 Å². The van der Waals surface area contributed by atoms with Gasteiger partial charge in [-0.25, -0.2) is 0 Å². The number of Topliss-reactive ketones (excluding diaryl/α,β-unsaturated/α-hetero) is 6. The molecule has 0 spiro atoms. The van der Waals surface area contributed by atoms with Gasteiger partial charge in [-0.3, -0.25) is 28.8 Å². The minimum atomic E-state index is -2.48. The second-order valence-electron chi connectivity index (χ2n) is 5.44. The Morgan fingerprint density at radius 3 is 1.50 bits per heavy atom. The van der Waals surface area contributed by atoms with Crippen LogP contribution < -0.4 is 0 Å². The Labute approximate surface area is 129 Å². The minimum absolute atomic E-state index is 0.185. The summed E-state index contributed by atoms with van der Waals surface area (Å²) in [6, 6.07) is 0. The Hall–Kier alpha value is -1.98. The van der Waals surface area contributed by atoms with Crippen LogP contribution in [-0.2, 0) is 28.8 Å². The van der Waals surface area contributed by atoms with Gasteiger partial charge in [-0.1, -0.05) is 6.92 Å². The zero-order chi connectivity index (χ0) is 17.7. The summed E-state index contributed by atoms with van der Waals surface area (Å²) in [5, 5.41) is 0. The van der Waals surface area contributed by atoms with E-state index < -0.39 is 46.7 Å². The lowest BCUT2D eigenvalue weighted by atomic mass is 9.68. The third kappa shape index (κ3) is 3.81. The lowest BCUT2D eigenvalue weighted by molar-refractivity contribution is -0.155. The van der Waals surface area contributed by atoms with Crippen molar-refractivity contribution in [2.24, 2.45) is 11.3 Å². The van der Waals surface area contributed by atoms with Crippen LogP contribution in [-0.4, -0.2) is 34.7 Å². The number of ketones is 6. The van der Waals surface area contributed by atoms with Crippen molar-refractivity contribution in [2.75, 3.05) is 0 Å². The molecular weight excluding hydrogens is 288 g/mol. The van der Waals surface area contributed by atoms with Gasteiger partial charge in [0.25, 0.3) is 0 Å². The predicted octanol–water partition coefficient (Wildman–Crippen LogP) is 1.27. The smallest absolute Gasteiger partial charge is 0.203 e. The number of carbonyl (C=O) groups excluding carboxylic acids is 6. The van der Waals surface area contributed by atoms with Crippen molar-refractivity contribution in [3.05, 3.63) is 0 Å². The Balaban J connectivity index is 5.91. The average Bonchev–Trinajstić information content (AvgIpc) is 2.34. The van der Waals surface area contributed by atoms with Gasteiger partial charge in [0.1, 0.15) is 11.6 Å². The molecule has 0 rings (SSSR count). The van der Waals surface area contributed by atoms with E-state index in [1.165, 1.54) is 0 Å². The fourth-order valence-electron chi connectivity index (χ4n) is 2.56. The largest absolute Gasteiger partial charge is 0.300 e. The quantitative estimate of drug-likeness (QED) is 0.563. The Bertz CT molecular complexity index is 493. The third-order valence-corrected chi connectivity index (χ3v) is 3.72. The molecule has 0 radical (unpaired) electrons. The molecule has 0 aromatic carbocycles. The van der Waals surface area contributed by atoms with E-state index in [0.29, 0.717) is 6.42 Å². The lowest BCUT2D eigenvalue weighted by Crippen LogP contribution is -2.53. The van der Waals surface area contributed by atoms with E-state index in [1.807, 2.05) is 0 Å². The van der Waals surface area contributed by atoms with Crippen molar-refractivity contribution in [2.45, 2.75) is 53.9 Å². The molecule has 0 saturated heterocycles. The van der Waals surface area contributed by atoms with Gasteiger partial charge in [-0.05, 0) is 34.1 Å². The summed E-state index contributed by atoms with van der Waals surface area (Å²) in [6.45, 7) is 5.77. The first-order valence-electron chi connectivity index (χ1n) is 7.12. The summed E-state index contributed by atoms with van der Waals surface area (Å²) < 4.78 is 0. The van der Waals surface area contributed by atoms with Crippen LogP contribution in [0.3, 0.4) is 0 Å². The summed E-state index contributed by atoms with van der Waals surface area (Å²) >= 11 is 0. The monoisotopic (exact) mass is 310 g/mol. The Kier molecular flexibility index (Phi) is 7.16. The highest BCUT2D eigenvalue weighted by Crippen LogP contribution is 2.29. The zero-order valence-electron chi connectivity index (χ0n) is 13.6. The molecule has 0 fully saturated rings. The first kappa shape index (κ1) is 20.0. The summed E-state index contributed by atoms with van der Waals surface area (Å²) in [7, 11) is 0. The number of rotatable bonds is 10. The molecule has 0 aromatic rings. The highest BCUT2D eigenvalue weighted by molar-refractivity contribution is 6.39. The molecule has 0 saturated carbocycles. The second kappa shape index (κ2) is 7.87. The van der Waals surface area contributed by atoms with E-state index in [2.05, 4.69) is 0 Å². The molecule has 122 valence electrons. The van der Waals surface area contributed by atoms with E-state index in [0.717, 1.165) is 27.7 Å². The highest BCUT2D eigenvalue weighted by atomic mass is 16.2. The molecule has 22 heavy (non-hydrogen) atoms. The predicted molar refractivity (Wildman–Crippen MR) is 78.2 cm³/mol. The highest BCUT2D eigenvalue weighted by Gasteiger charge is 2.55. The molecule has 0 aromatic heterocycles. The van der Waals surface area contributed by atoms with Crippen molar-refractivity contribution >= 4 is 34.7 Å². The number of hydrogen-bond acceptors (Lipinski definition) is 6. The number of carbonyl (C=O) groups is 6. The van der Waals surface area contributed by atoms with Crippen molar-refractivity contribution in [1.82, 2.24) is 0 Å². The Morgan fingerprint density at radius 1 is 0.818 bits per heavy atom. The van der Waals surface area contributed by atoms with Gasteiger partial charge < -0.3 is 0 Å². The molecular formula is C16H22O6. The summed E-state index contributed by atoms with van der Waals surface area (Å²) in [5.41, 5.74) is -2.48. The van der Waals surface area contributed by atoms with E-state index in [-0.39, 0.29) is 12.2 Å². The van der Waals surface area contributed by atoms with Crippen LogP contribution in [0.15, 0.2) is 0 Å². The molecule has 6 nitrogen and oxygen atoms in total. The van der Waals surface area contributed by atoms with Gasteiger partial charge in [0.15, 0.2) is 23.1 Å². The van der Waals surface area contributed by atoms with Crippen molar-refractivity contribution in [3.8, 4) is 0 Å². The van der Waals surface area contributed by atoms with Gasteiger partial charge in [0, 0.05) is 12.8 Å². The third-order valence-electron chi connectivity index (χ3n) is 3.72. The van der Waals surface area contributed by atoms with Gasteiger partial charge in [-0.2, -0.15) is 0 Å². The fourth-order valence-corrected chi connectivity index (χ4v) is 2.56. The maximum atomic E-state index is 12.6. The normalized spacial score (nSPS) is 12.4. The van der Waals surface area contributed by atoms with Crippen LogP contribution >= 0.6 is 0 Å². The van der Waals surface area contributed by atoms with Crippen LogP contribution in [0, 0.1) is 11.3 Å². The molecule has 0 N–H and O–H groups in total. The molecule has 0 aliphatic heterocycles. The zero-order valence-corrected chi connectivity index (χ0v) is 13.6. The molecule has 1 unspecified atom stereocenters. The van der Waals surface area contributed by atoms with Gasteiger partial charge in [-0.15, -0.1) is 0 Å². The van der Waals surface area contributed by atoms with Gasteiger partial charge in [0.2, 0.25) is 5.41 Å². The van der Waals surface area contributed by atoms with Crippen molar-refractivity contribution < 1.29 is 28.8 Å². The summed E-state index contributed by atoms with van der Waals surface area (Å²) in [4.78, 5) is 71.7. The van der Waals surface area contributed by atoms with Crippen LogP contribution in [0.25, 0.3) is 0 Å². The summed E-state index contributed by atoms with van der Waals surface area (Å²) in [6.07, 6.45) is 0.344. The lowest BCUT2D eigenvalue weighted by Gasteiger charge is -2.27. The second-order valence-corrected chi connectivity index (χ2v) is 5.44. The van der Waals surface area contributed by atoms with Crippen LogP contribution in [0.2, 0.25) is 0 Å². The van der Waals surface area contributed by atoms with Crippen molar-refractivity contribution in [3.63, 3.8) is 0 Å². The standard InChI is InChI=1S/C16H22O6/c1-6-7-13(21)8-14(9(2)17)15(22)16(10(3)18,11(4)19)12(5)20/h14H,6-8H2,1-5H3. The maximum Gasteiger partial charge on any atom is 0.203 e. The summed E-state index contributed by atoms with van der Waals surface area (Å²) in [5.74, 6) is -6.26. The van der Waals surface area contributed by atoms with Gasteiger partial charge >= 0.3 is 0 Å². The number of hydrogen-bond donors (Lipinski definition) is 0. The minimum Gasteiger partial charge on any atom is -0.300 e. The Morgan fingerprint density at radius 2 is 1.23 bits per heavy atom. The molecule has 1 atom stereocenters. The molecule has 0 amide bonds. The van der Waals surface area contributed by atoms with Gasteiger partial charge in [0.05, 0.1) is 5.92 Å². The molecule has 0 aliphatic rings. The van der Waals surface area contributed by atoms with E-state index in [1.54, 1.807) is 6.92 Å². The first-order valence-corrected chi connectivity index (χ1v) is 7.12. The fraction of sp³-hybridized carbons (Fsp3) is 0.625. The van der Waals surface area contributed by atoms with Crippen molar-refractivity contribution in [1.29, 1.82) is 0 Å². The SMILES string of the molecule is CCCC(=O)CC(C(C)=O)C(=O)C(C(C)=O)(C(C)=O)C(C)=O. The molecule has 6 heteroatoms. The first-order chi connectivity index (χ1) is 10.0. The molecule has 0 heterocycles. The molecule has 0 aliphatic carbocycles. The van der Waals surface area contributed by atoms with Crippen LogP contribution in [0.5, 0.6) is 0 Å². The topological polar surface area (TPSA) is 102 Å². The maximum absolute atomic E-state index is 12.6. The average molecular weight is 310 g/mol. The van der Waals surface area contributed by atoms with E-state index in [9.17, 15) is 28.8 Å².